The van der Waals surface area contributed by atoms with Crippen molar-refractivity contribution in [2.75, 3.05) is 10.2 Å². The Morgan fingerprint density at radius 2 is 1.53 bits per heavy atom. The van der Waals surface area contributed by atoms with E-state index in [9.17, 15) is 22.8 Å². The smallest absolute Gasteiger partial charge is 0.350 e. The van der Waals surface area contributed by atoms with Crippen molar-refractivity contribution in [1.29, 1.82) is 0 Å². The van der Waals surface area contributed by atoms with E-state index in [-0.39, 0.29) is 16.3 Å². The summed E-state index contributed by atoms with van der Waals surface area (Å²) in [5.74, 6) is -1.40. The fraction of sp³-hybridized carbons (Fsp3) is 0.0833. The molecule has 4 nitrogen and oxygen atoms in total. The summed E-state index contributed by atoms with van der Waals surface area (Å²) in [5, 5.41) is 2.97. The maximum atomic E-state index is 13.3. The maximum Gasteiger partial charge on any atom is 0.416 e. The first-order valence-electron chi connectivity index (χ1n) is 9.61. The fourth-order valence-corrected chi connectivity index (χ4v) is 4.09. The van der Waals surface area contributed by atoms with Crippen LogP contribution in [0, 0.1) is 6.92 Å². The highest BCUT2D eigenvalue weighted by Crippen LogP contribution is 2.39. The minimum atomic E-state index is -4.60. The van der Waals surface area contributed by atoms with Crippen LogP contribution in [0.5, 0.6) is 0 Å². The van der Waals surface area contributed by atoms with Crippen molar-refractivity contribution >= 4 is 35.0 Å². The van der Waals surface area contributed by atoms with Crippen LogP contribution in [0.3, 0.4) is 0 Å². The molecule has 1 heterocycles. The highest BCUT2D eigenvalue weighted by molar-refractivity contribution is 8.04. The van der Waals surface area contributed by atoms with E-state index in [2.05, 4.69) is 5.32 Å². The molecule has 3 aromatic rings. The molecule has 0 radical (unpaired) electrons. The molecule has 162 valence electrons. The molecule has 0 bridgehead atoms. The normalized spacial score (nSPS) is 14.3. The zero-order chi connectivity index (χ0) is 22.9. The van der Waals surface area contributed by atoms with Crippen molar-refractivity contribution in [3.63, 3.8) is 0 Å². The molecular formula is C24H17F3N2O2S. The van der Waals surface area contributed by atoms with Crippen molar-refractivity contribution in [3.8, 4) is 0 Å². The Morgan fingerprint density at radius 1 is 0.844 bits per heavy atom. The Bertz CT molecular complexity index is 1210. The van der Waals surface area contributed by atoms with E-state index in [4.69, 9.17) is 0 Å². The number of anilines is 2. The van der Waals surface area contributed by atoms with Crippen LogP contribution in [0.2, 0.25) is 0 Å². The largest absolute Gasteiger partial charge is 0.416 e. The third-order valence-corrected chi connectivity index (χ3v) is 5.85. The topological polar surface area (TPSA) is 49.4 Å². The Labute approximate surface area is 186 Å². The number of amides is 2. The number of imide groups is 1. The molecule has 0 saturated heterocycles. The summed E-state index contributed by atoms with van der Waals surface area (Å²) >= 11 is 1.09. The standard InChI is InChI=1S/C24H17F3N2O2S/c1-15-10-12-19(13-11-15)32-21-20(28-17-7-3-2-4-8-17)22(30)29(23(21)31)18-9-5-6-16(14-18)24(25,26)27/h2-14,28H,1H3. The van der Waals surface area contributed by atoms with Gasteiger partial charge in [-0.05, 0) is 49.4 Å². The predicted octanol–water partition coefficient (Wildman–Crippen LogP) is 6.00. The summed E-state index contributed by atoms with van der Waals surface area (Å²) < 4.78 is 39.6. The van der Waals surface area contributed by atoms with Gasteiger partial charge in [-0.3, -0.25) is 9.59 Å². The number of hydrogen-bond donors (Lipinski definition) is 1. The molecule has 8 heteroatoms. The van der Waals surface area contributed by atoms with E-state index < -0.39 is 23.6 Å². The van der Waals surface area contributed by atoms with Crippen molar-refractivity contribution in [3.05, 3.63) is 101 Å². The van der Waals surface area contributed by atoms with Crippen LogP contribution < -0.4 is 10.2 Å². The molecule has 32 heavy (non-hydrogen) atoms. The Kier molecular flexibility index (Phi) is 5.80. The molecular weight excluding hydrogens is 437 g/mol. The van der Waals surface area contributed by atoms with Gasteiger partial charge in [0.2, 0.25) is 0 Å². The van der Waals surface area contributed by atoms with E-state index in [0.717, 1.165) is 39.3 Å². The van der Waals surface area contributed by atoms with Crippen LogP contribution in [0.4, 0.5) is 24.5 Å². The van der Waals surface area contributed by atoms with Gasteiger partial charge < -0.3 is 5.32 Å². The van der Waals surface area contributed by atoms with E-state index in [0.29, 0.717) is 5.69 Å². The lowest BCUT2D eigenvalue weighted by Crippen LogP contribution is -2.32. The molecule has 0 unspecified atom stereocenters. The van der Waals surface area contributed by atoms with Gasteiger partial charge in [0.1, 0.15) is 10.6 Å². The van der Waals surface area contributed by atoms with Gasteiger partial charge in [0.05, 0.1) is 11.3 Å². The van der Waals surface area contributed by atoms with Gasteiger partial charge in [-0.1, -0.05) is 53.7 Å². The summed E-state index contributed by atoms with van der Waals surface area (Å²) in [6, 6.07) is 20.4. The Hall–Kier alpha value is -3.52. The number of halogens is 3. The SMILES string of the molecule is Cc1ccc(SC2=C(Nc3ccccc3)C(=O)N(c3cccc(C(F)(F)F)c3)C2=O)cc1. The van der Waals surface area contributed by atoms with Gasteiger partial charge >= 0.3 is 6.18 Å². The number of nitrogens with zero attached hydrogens (tertiary/aromatic N) is 1. The van der Waals surface area contributed by atoms with Gasteiger partial charge in [0.15, 0.2) is 0 Å². The van der Waals surface area contributed by atoms with Crippen molar-refractivity contribution < 1.29 is 22.8 Å². The summed E-state index contributed by atoms with van der Waals surface area (Å²) in [5.41, 5.74) is 0.556. The van der Waals surface area contributed by atoms with Gasteiger partial charge in [-0.2, -0.15) is 13.2 Å². The average Bonchev–Trinajstić information content (AvgIpc) is 2.99. The van der Waals surface area contributed by atoms with E-state index >= 15 is 0 Å². The number of alkyl halides is 3. The average molecular weight is 454 g/mol. The van der Waals surface area contributed by atoms with Gasteiger partial charge in [0, 0.05) is 10.6 Å². The summed E-state index contributed by atoms with van der Waals surface area (Å²) in [4.78, 5) is 28.1. The molecule has 2 amide bonds. The number of aryl methyl sites for hydroxylation is 1. The van der Waals surface area contributed by atoms with Crippen LogP contribution in [0.25, 0.3) is 0 Å². The van der Waals surface area contributed by atoms with E-state index in [1.165, 1.54) is 12.1 Å². The van der Waals surface area contributed by atoms with Gasteiger partial charge in [-0.25, -0.2) is 4.90 Å². The first-order valence-corrected chi connectivity index (χ1v) is 10.4. The first kappa shape index (κ1) is 21.7. The molecule has 3 aromatic carbocycles. The number of para-hydroxylation sites is 1. The van der Waals surface area contributed by atoms with Gasteiger partial charge in [0.25, 0.3) is 11.8 Å². The molecule has 1 aliphatic rings. The molecule has 0 aliphatic carbocycles. The number of carbonyl (C=O) groups excluding carboxylic acids is 2. The summed E-state index contributed by atoms with van der Waals surface area (Å²) in [7, 11) is 0. The highest BCUT2D eigenvalue weighted by atomic mass is 32.2. The van der Waals surface area contributed by atoms with Crippen molar-refractivity contribution in [2.24, 2.45) is 0 Å². The number of benzene rings is 3. The zero-order valence-electron chi connectivity index (χ0n) is 16.8. The molecule has 0 fully saturated rings. The number of nitrogens with one attached hydrogen (secondary N) is 1. The lowest BCUT2D eigenvalue weighted by atomic mass is 10.2. The van der Waals surface area contributed by atoms with Crippen LogP contribution in [-0.4, -0.2) is 11.8 Å². The molecule has 1 aliphatic heterocycles. The highest BCUT2D eigenvalue weighted by Gasteiger charge is 2.41. The van der Waals surface area contributed by atoms with Crippen LogP contribution in [0.15, 0.2) is 94.4 Å². The second-order valence-corrected chi connectivity index (χ2v) is 8.19. The third kappa shape index (κ3) is 4.40. The molecule has 0 saturated carbocycles. The lowest BCUT2D eigenvalue weighted by Gasteiger charge is -2.17. The molecule has 0 atom stereocenters. The maximum absolute atomic E-state index is 13.3. The van der Waals surface area contributed by atoms with Crippen LogP contribution in [-0.2, 0) is 15.8 Å². The third-order valence-electron chi connectivity index (χ3n) is 4.76. The number of carbonyl (C=O) groups is 2. The number of hydrogen-bond acceptors (Lipinski definition) is 4. The molecule has 0 spiro atoms. The molecule has 0 aromatic heterocycles. The van der Waals surface area contributed by atoms with Crippen LogP contribution in [0.1, 0.15) is 11.1 Å². The van der Waals surface area contributed by atoms with Crippen molar-refractivity contribution in [1.82, 2.24) is 0 Å². The zero-order valence-corrected chi connectivity index (χ0v) is 17.6. The van der Waals surface area contributed by atoms with E-state index in [1.807, 2.05) is 31.2 Å². The number of thioether (sulfide) groups is 1. The number of rotatable bonds is 5. The predicted molar refractivity (Wildman–Crippen MR) is 118 cm³/mol. The minimum absolute atomic E-state index is 0.0178. The second kappa shape index (κ2) is 8.55. The molecule has 4 rings (SSSR count). The van der Waals surface area contributed by atoms with Gasteiger partial charge in [-0.15, -0.1) is 0 Å². The summed E-state index contributed by atoms with van der Waals surface area (Å²) in [6.07, 6.45) is -4.60. The summed E-state index contributed by atoms with van der Waals surface area (Å²) in [6.45, 7) is 1.93. The van der Waals surface area contributed by atoms with Crippen molar-refractivity contribution in [2.45, 2.75) is 18.0 Å². The van der Waals surface area contributed by atoms with Crippen LogP contribution >= 0.6 is 11.8 Å². The Balaban J connectivity index is 1.75. The quantitative estimate of drug-likeness (QED) is 0.480. The lowest BCUT2D eigenvalue weighted by molar-refractivity contribution is -0.137. The first-order chi connectivity index (χ1) is 15.2. The fourth-order valence-electron chi connectivity index (χ4n) is 3.16. The monoisotopic (exact) mass is 454 g/mol. The Morgan fingerprint density at radius 3 is 2.19 bits per heavy atom. The van der Waals surface area contributed by atoms with E-state index in [1.54, 1.807) is 30.3 Å². The second-order valence-electron chi connectivity index (χ2n) is 7.10. The molecule has 1 N–H and O–H groups in total. The minimum Gasteiger partial charge on any atom is -0.350 e.